The quantitative estimate of drug-likeness (QED) is 0.767. The monoisotopic (exact) mass is 238 g/mol. The van der Waals surface area contributed by atoms with Gasteiger partial charge in [0.15, 0.2) is 6.61 Å². The topological polar surface area (TPSA) is 76.7 Å². The van der Waals surface area contributed by atoms with Crippen LogP contribution in [0.3, 0.4) is 0 Å². The molecule has 0 aliphatic carbocycles. The number of hydrogen-bond donors (Lipinski definition) is 2. The lowest BCUT2D eigenvalue weighted by Crippen LogP contribution is -2.24. The zero-order chi connectivity index (χ0) is 12.7. The Labute approximate surface area is 98.9 Å². The maximum absolute atomic E-state index is 11.1. The van der Waals surface area contributed by atoms with Crippen LogP contribution in [0.2, 0.25) is 0 Å². The first-order valence-corrected chi connectivity index (χ1v) is 4.94. The average molecular weight is 238 g/mol. The molecule has 0 aliphatic rings. The van der Waals surface area contributed by atoms with E-state index in [-0.39, 0.29) is 12.6 Å². The number of amides is 2. The molecule has 92 valence electrons. The Hall–Kier alpha value is -2.24. The van der Waals surface area contributed by atoms with Gasteiger partial charge in [0, 0.05) is 18.8 Å². The number of hydrogen-bond acceptors (Lipinski definition) is 4. The molecule has 0 radical (unpaired) electrons. The van der Waals surface area contributed by atoms with E-state index in [0.717, 1.165) is 0 Å². The van der Waals surface area contributed by atoms with Gasteiger partial charge in [-0.05, 0) is 12.1 Å². The molecule has 2 amide bonds. The number of methoxy groups -OCH3 is 1. The summed E-state index contributed by atoms with van der Waals surface area (Å²) in [5.74, 6) is 0.0129. The van der Waals surface area contributed by atoms with Crippen molar-refractivity contribution in [2.24, 2.45) is 0 Å². The normalized spacial score (nSPS) is 9.29. The third-order valence-corrected chi connectivity index (χ3v) is 1.90. The van der Waals surface area contributed by atoms with Crippen molar-refractivity contribution >= 4 is 17.7 Å². The van der Waals surface area contributed by atoms with Gasteiger partial charge in [-0.25, -0.2) is 9.59 Å². The SMILES string of the molecule is CNC(=O)Nc1cccc(OCC(=O)OC)c1. The number of carbonyl (C=O) groups is 2. The van der Waals surface area contributed by atoms with Gasteiger partial charge in [-0.3, -0.25) is 0 Å². The van der Waals surface area contributed by atoms with Gasteiger partial charge in [0.1, 0.15) is 5.75 Å². The molecule has 1 rings (SSSR count). The van der Waals surface area contributed by atoms with Gasteiger partial charge in [-0.1, -0.05) is 6.07 Å². The standard InChI is InChI=1S/C11H14N2O4/c1-12-11(15)13-8-4-3-5-9(6-8)17-7-10(14)16-2/h3-6H,7H2,1-2H3,(H2,12,13,15). The summed E-state index contributed by atoms with van der Waals surface area (Å²) in [6.45, 7) is -0.167. The minimum atomic E-state index is -0.463. The highest BCUT2D eigenvalue weighted by molar-refractivity contribution is 5.89. The van der Waals surface area contributed by atoms with Crippen LogP contribution < -0.4 is 15.4 Å². The van der Waals surface area contributed by atoms with Gasteiger partial charge in [0.05, 0.1) is 7.11 Å². The summed E-state index contributed by atoms with van der Waals surface area (Å²) in [5.41, 5.74) is 0.576. The number of anilines is 1. The second kappa shape index (κ2) is 6.37. The summed E-state index contributed by atoms with van der Waals surface area (Å²) in [4.78, 5) is 21.9. The predicted octanol–water partition coefficient (Wildman–Crippen LogP) is 0.990. The largest absolute Gasteiger partial charge is 0.482 e. The van der Waals surface area contributed by atoms with Gasteiger partial charge in [-0.2, -0.15) is 0 Å². The summed E-state index contributed by atoms with van der Waals surface area (Å²) in [5, 5.41) is 5.01. The maximum Gasteiger partial charge on any atom is 0.343 e. The molecule has 0 spiro atoms. The van der Waals surface area contributed by atoms with Crippen LogP contribution in [-0.4, -0.2) is 32.8 Å². The summed E-state index contributed by atoms with van der Waals surface area (Å²) >= 11 is 0. The van der Waals surface area contributed by atoms with Crippen LogP contribution in [0, 0.1) is 0 Å². The fourth-order valence-electron chi connectivity index (χ4n) is 1.06. The van der Waals surface area contributed by atoms with Gasteiger partial charge in [0.25, 0.3) is 0 Å². The van der Waals surface area contributed by atoms with Crippen LogP contribution in [-0.2, 0) is 9.53 Å². The minimum Gasteiger partial charge on any atom is -0.482 e. The Balaban J connectivity index is 2.59. The number of nitrogens with one attached hydrogen (secondary N) is 2. The van der Waals surface area contributed by atoms with Crippen LogP contribution in [0.5, 0.6) is 5.75 Å². The van der Waals surface area contributed by atoms with Crippen LogP contribution >= 0.6 is 0 Å². The molecule has 0 atom stereocenters. The number of ether oxygens (including phenoxy) is 2. The molecule has 1 aromatic carbocycles. The molecule has 6 nitrogen and oxygen atoms in total. The highest BCUT2D eigenvalue weighted by Gasteiger charge is 2.03. The molecule has 0 aliphatic heterocycles. The van der Waals surface area contributed by atoms with Crippen molar-refractivity contribution in [3.8, 4) is 5.75 Å². The molecule has 6 heteroatoms. The van der Waals surface area contributed by atoms with E-state index in [1.807, 2.05) is 0 Å². The van der Waals surface area contributed by atoms with Crippen LogP contribution in [0.15, 0.2) is 24.3 Å². The van der Waals surface area contributed by atoms with Crippen molar-refractivity contribution in [3.63, 3.8) is 0 Å². The van der Waals surface area contributed by atoms with Crippen molar-refractivity contribution in [2.75, 3.05) is 26.1 Å². The van der Waals surface area contributed by atoms with E-state index in [2.05, 4.69) is 15.4 Å². The molecule has 0 aromatic heterocycles. The predicted molar refractivity (Wildman–Crippen MR) is 62.0 cm³/mol. The van der Waals surface area contributed by atoms with E-state index in [1.165, 1.54) is 14.2 Å². The molecule has 0 unspecified atom stereocenters. The molecule has 0 saturated carbocycles. The van der Waals surface area contributed by atoms with E-state index >= 15 is 0 Å². The van der Waals surface area contributed by atoms with Crippen molar-refractivity contribution in [3.05, 3.63) is 24.3 Å². The molecule has 0 bridgehead atoms. The Bertz CT molecular complexity index is 406. The van der Waals surface area contributed by atoms with Gasteiger partial charge < -0.3 is 20.1 Å². The first-order valence-electron chi connectivity index (χ1n) is 4.94. The smallest absolute Gasteiger partial charge is 0.343 e. The zero-order valence-corrected chi connectivity index (χ0v) is 9.65. The van der Waals surface area contributed by atoms with Crippen LogP contribution in [0.25, 0.3) is 0 Å². The van der Waals surface area contributed by atoms with Crippen molar-refractivity contribution in [2.45, 2.75) is 0 Å². The van der Waals surface area contributed by atoms with Crippen molar-refractivity contribution in [1.29, 1.82) is 0 Å². The molecule has 1 aromatic rings. The lowest BCUT2D eigenvalue weighted by Gasteiger charge is -2.08. The van der Waals surface area contributed by atoms with E-state index in [1.54, 1.807) is 24.3 Å². The second-order valence-electron chi connectivity index (χ2n) is 3.10. The van der Waals surface area contributed by atoms with E-state index in [9.17, 15) is 9.59 Å². The first kappa shape index (κ1) is 12.8. The summed E-state index contributed by atoms with van der Waals surface area (Å²) < 4.78 is 9.61. The molecular formula is C11H14N2O4. The average Bonchev–Trinajstić information content (AvgIpc) is 2.36. The maximum atomic E-state index is 11.1. The summed E-state index contributed by atoms with van der Waals surface area (Å²) in [7, 11) is 2.81. The lowest BCUT2D eigenvalue weighted by molar-refractivity contribution is -0.142. The van der Waals surface area contributed by atoms with Crippen LogP contribution in [0.1, 0.15) is 0 Å². The Kier molecular flexibility index (Phi) is 4.80. The fraction of sp³-hybridized carbons (Fsp3) is 0.273. The Morgan fingerprint density at radius 1 is 1.35 bits per heavy atom. The summed E-state index contributed by atoms with van der Waals surface area (Å²) in [6.07, 6.45) is 0. The van der Waals surface area contributed by atoms with Crippen molar-refractivity contribution in [1.82, 2.24) is 5.32 Å². The molecule has 17 heavy (non-hydrogen) atoms. The Morgan fingerprint density at radius 3 is 2.76 bits per heavy atom. The zero-order valence-electron chi connectivity index (χ0n) is 9.65. The van der Waals surface area contributed by atoms with Crippen LogP contribution in [0.4, 0.5) is 10.5 Å². The molecule has 0 fully saturated rings. The van der Waals surface area contributed by atoms with Gasteiger partial charge in [0.2, 0.25) is 0 Å². The number of carbonyl (C=O) groups excluding carboxylic acids is 2. The molecule has 2 N–H and O–H groups in total. The first-order chi connectivity index (χ1) is 8.15. The Morgan fingerprint density at radius 2 is 2.12 bits per heavy atom. The molecule has 0 saturated heterocycles. The second-order valence-corrected chi connectivity index (χ2v) is 3.10. The van der Waals surface area contributed by atoms with E-state index in [0.29, 0.717) is 11.4 Å². The number of benzene rings is 1. The number of urea groups is 1. The lowest BCUT2D eigenvalue weighted by atomic mass is 10.3. The third-order valence-electron chi connectivity index (χ3n) is 1.90. The fourth-order valence-corrected chi connectivity index (χ4v) is 1.06. The van der Waals surface area contributed by atoms with Gasteiger partial charge in [-0.15, -0.1) is 0 Å². The minimum absolute atomic E-state index is 0.167. The highest BCUT2D eigenvalue weighted by Crippen LogP contribution is 2.17. The molecular weight excluding hydrogens is 224 g/mol. The third kappa shape index (κ3) is 4.42. The molecule has 0 heterocycles. The van der Waals surface area contributed by atoms with E-state index < -0.39 is 5.97 Å². The van der Waals surface area contributed by atoms with Gasteiger partial charge >= 0.3 is 12.0 Å². The highest BCUT2D eigenvalue weighted by atomic mass is 16.6. The van der Waals surface area contributed by atoms with Crippen molar-refractivity contribution < 1.29 is 19.1 Å². The van der Waals surface area contributed by atoms with E-state index in [4.69, 9.17) is 4.74 Å². The number of rotatable bonds is 4. The number of esters is 1. The summed E-state index contributed by atoms with van der Waals surface area (Å²) in [6, 6.07) is 6.38.